The molecule has 0 atom stereocenters. The molecule has 0 aliphatic carbocycles. The van der Waals surface area contributed by atoms with Crippen molar-refractivity contribution in [2.75, 3.05) is 5.32 Å². The van der Waals surface area contributed by atoms with Crippen LogP contribution >= 0.6 is 0 Å². The van der Waals surface area contributed by atoms with E-state index < -0.39 is 0 Å². The van der Waals surface area contributed by atoms with Gasteiger partial charge in [0, 0.05) is 11.3 Å². The van der Waals surface area contributed by atoms with Gasteiger partial charge in [-0.05, 0) is 12.1 Å². The minimum Gasteiger partial charge on any atom is -0.352 e. The van der Waals surface area contributed by atoms with Gasteiger partial charge in [0.15, 0.2) is 6.29 Å². The number of nitrogens with zero attached hydrogens (tertiary/aromatic N) is 2. The highest BCUT2D eigenvalue weighted by Crippen LogP contribution is 2.17. The van der Waals surface area contributed by atoms with Gasteiger partial charge in [0.25, 0.3) is 0 Å². The van der Waals surface area contributed by atoms with Crippen LogP contribution in [-0.4, -0.2) is 16.3 Å². The van der Waals surface area contributed by atoms with Crippen molar-refractivity contribution >= 4 is 17.7 Å². The fourth-order valence-corrected chi connectivity index (χ4v) is 1.23. The lowest BCUT2D eigenvalue weighted by molar-refractivity contribution is 0.112. The number of para-hydroxylation sites is 1. The number of hydrogen-bond donors (Lipinski definition) is 1. The van der Waals surface area contributed by atoms with Crippen molar-refractivity contribution in [3.05, 3.63) is 48.5 Å². The predicted octanol–water partition coefficient (Wildman–Crippen LogP) is 2.03. The summed E-state index contributed by atoms with van der Waals surface area (Å²) in [6.45, 7) is 0. The monoisotopic (exact) mass is 199 g/mol. The SMILES string of the molecule is O=Cc1ccccc1Nc1cncnc1. The molecule has 1 aromatic heterocycles. The highest BCUT2D eigenvalue weighted by molar-refractivity contribution is 5.85. The number of aromatic nitrogens is 2. The molecule has 1 heterocycles. The van der Waals surface area contributed by atoms with Gasteiger partial charge >= 0.3 is 0 Å². The summed E-state index contributed by atoms with van der Waals surface area (Å²) in [4.78, 5) is 18.5. The molecule has 1 aromatic carbocycles. The molecule has 15 heavy (non-hydrogen) atoms. The van der Waals surface area contributed by atoms with Gasteiger partial charge in [-0.2, -0.15) is 0 Å². The normalized spacial score (nSPS) is 9.60. The van der Waals surface area contributed by atoms with Crippen LogP contribution in [-0.2, 0) is 0 Å². The first kappa shape index (κ1) is 9.33. The summed E-state index contributed by atoms with van der Waals surface area (Å²) in [5.74, 6) is 0. The van der Waals surface area contributed by atoms with Crippen LogP contribution in [0.25, 0.3) is 0 Å². The Kier molecular flexibility index (Phi) is 2.69. The number of carbonyl (C=O) groups excluding carboxylic acids is 1. The van der Waals surface area contributed by atoms with Gasteiger partial charge < -0.3 is 5.32 Å². The number of hydrogen-bond acceptors (Lipinski definition) is 4. The van der Waals surface area contributed by atoms with Gasteiger partial charge in [0.05, 0.1) is 18.1 Å². The largest absolute Gasteiger partial charge is 0.352 e. The lowest BCUT2D eigenvalue weighted by atomic mass is 10.2. The van der Waals surface area contributed by atoms with Crippen LogP contribution in [0.4, 0.5) is 11.4 Å². The van der Waals surface area contributed by atoms with E-state index >= 15 is 0 Å². The zero-order chi connectivity index (χ0) is 10.5. The van der Waals surface area contributed by atoms with E-state index in [-0.39, 0.29) is 0 Å². The topological polar surface area (TPSA) is 54.9 Å². The molecule has 4 heteroatoms. The summed E-state index contributed by atoms with van der Waals surface area (Å²) in [7, 11) is 0. The van der Waals surface area contributed by atoms with Crippen molar-refractivity contribution < 1.29 is 4.79 Å². The van der Waals surface area contributed by atoms with Crippen molar-refractivity contribution in [3.8, 4) is 0 Å². The van der Waals surface area contributed by atoms with E-state index in [4.69, 9.17) is 0 Å². The first-order valence-corrected chi connectivity index (χ1v) is 4.46. The summed E-state index contributed by atoms with van der Waals surface area (Å²) in [5, 5.41) is 3.07. The van der Waals surface area contributed by atoms with Crippen molar-refractivity contribution in [3.63, 3.8) is 0 Å². The van der Waals surface area contributed by atoms with Crippen molar-refractivity contribution in [1.82, 2.24) is 9.97 Å². The maximum atomic E-state index is 10.7. The fraction of sp³-hybridized carbons (Fsp3) is 0. The molecular weight excluding hydrogens is 190 g/mol. The third-order valence-electron chi connectivity index (χ3n) is 1.93. The molecule has 1 N–H and O–H groups in total. The van der Waals surface area contributed by atoms with Crippen LogP contribution in [0.3, 0.4) is 0 Å². The highest BCUT2D eigenvalue weighted by atomic mass is 16.1. The van der Waals surface area contributed by atoms with Crippen LogP contribution in [0.15, 0.2) is 43.0 Å². The van der Waals surface area contributed by atoms with Crippen LogP contribution in [0, 0.1) is 0 Å². The highest BCUT2D eigenvalue weighted by Gasteiger charge is 2.00. The second-order valence-corrected chi connectivity index (χ2v) is 2.96. The fourth-order valence-electron chi connectivity index (χ4n) is 1.23. The van der Waals surface area contributed by atoms with Crippen LogP contribution in [0.1, 0.15) is 10.4 Å². The van der Waals surface area contributed by atoms with Gasteiger partial charge in [-0.15, -0.1) is 0 Å². The molecule has 0 spiro atoms. The lowest BCUT2D eigenvalue weighted by Gasteiger charge is -2.06. The van der Waals surface area contributed by atoms with E-state index in [1.165, 1.54) is 6.33 Å². The van der Waals surface area contributed by atoms with E-state index in [9.17, 15) is 4.79 Å². The summed E-state index contributed by atoms with van der Waals surface area (Å²) in [5.41, 5.74) is 2.12. The first-order chi connectivity index (χ1) is 7.40. The van der Waals surface area contributed by atoms with Crippen LogP contribution in [0.5, 0.6) is 0 Å². The Morgan fingerprint density at radius 1 is 1.13 bits per heavy atom. The number of carbonyl (C=O) groups is 1. The van der Waals surface area contributed by atoms with E-state index in [1.54, 1.807) is 18.5 Å². The maximum absolute atomic E-state index is 10.7. The molecular formula is C11H9N3O. The van der Waals surface area contributed by atoms with E-state index in [0.717, 1.165) is 17.7 Å². The minimum absolute atomic E-state index is 0.612. The van der Waals surface area contributed by atoms with E-state index in [1.807, 2.05) is 18.2 Å². The van der Waals surface area contributed by atoms with Gasteiger partial charge in [-0.25, -0.2) is 9.97 Å². The number of benzene rings is 1. The molecule has 0 unspecified atom stereocenters. The smallest absolute Gasteiger partial charge is 0.152 e. The quantitative estimate of drug-likeness (QED) is 0.768. The average molecular weight is 199 g/mol. The zero-order valence-corrected chi connectivity index (χ0v) is 7.92. The first-order valence-electron chi connectivity index (χ1n) is 4.46. The molecule has 2 rings (SSSR count). The molecule has 0 fully saturated rings. The number of aldehydes is 1. The Morgan fingerprint density at radius 2 is 1.87 bits per heavy atom. The Morgan fingerprint density at radius 3 is 2.60 bits per heavy atom. The molecule has 0 radical (unpaired) electrons. The Balaban J connectivity index is 2.28. The number of anilines is 2. The average Bonchev–Trinajstić information content (AvgIpc) is 2.31. The molecule has 74 valence electrons. The second kappa shape index (κ2) is 4.32. The Hall–Kier alpha value is -2.23. The van der Waals surface area contributed by atoms with Crippen molar-refractivity contribution in [2.24, 2.45) is 0 Å². The maximum Gasteiger partial charge on any atom is 0.152 e. The molecule has 0 bridgehead atoms. The molecule has 0 aliphatic heterocycles. The summed E-state index contributed by atoms with van der Waals surface area (Å²) >= 11 is 0. The van der Waals surface area contributed by atoms with Gasteiger partial charge in [0.1, 0.15) is 6.33 Å². The third-order valence-corrected chi connectivity index (χ3v) is 1.93. The van der Waals surface area contributed by atoms with Gasteiger partial charge in [-0.1, -0.05) is 12.1 Å². The molecule has 4 nitrogen and oxygen atoms in total. The summed E-state index contributed by atoms with van der Waals surface area (Å²) in [6.07, 6.45) is 5.56. The van der Waals surface area contributed by atoms with E-state index in [0.29, 0.717) is 5.56 Å². The standard InChI is InChI=1S/C11H9N3O/c15-7-9-3-1-2-4-11(9)14-10-5-12-8-13-6-10/h1-8,14H. The second-order valence-electron chi connectivity index (χ2n) is 2.96. The third kappa shape index (κ3) is 2.17. The Bertz CT molecular complexity index is 456. The molecule has 0 saturated carbocycles. The van der Waals surface area contributed by atoms with Crippen molar-refractivity contribution in [1.29, 1.82) is 0 Å². The number of nitrogens with one attached hydrogen (secondary N) is 1. The predicted molar refractivity (Wildman–Crippen MR) is 57.1 cm³/mol. The van der Waals surface area contributed by atoms with Crippen molar-refractivity contribution in [2.45, 2.75) is 0 Å². The zero-order valence-electron chi connectivity index (χ0n) is 7.92. The Labute approximate surface area is 87.0 Å². The summed E-state index contributed by atoms with van der Waals surface area (Å²) in [6, 6.07) is 7.26. The number of rotatable bonds is 3. The minimum atomic E-state index is 0.612. The molecule has 0 amide bonds. The molecule has 0 aliphatic rings. The summed E-state index contributed by atoms with van der Waals surface area (Å²) < 4.78 is 0. The van der Waals surface area contributed by atoms with Gasteiger partial charge in [0.2, 0.25) is 0 Å². The molecule has 2 aromatic rings. The van der Waals surface area contributed by atoms with Crippen LogP contribution < -0.4 is 5.32 Å². The molecule has 0 saturated heterocycles. The lowest BCUT2D eigenvalue weighted by Crippen LogP contribution is -1.95. The van der Waals surface area contributed by atoms with Gasteiger partial charge in [-0.3, -0.25) is 4.79 Å². The van der Waals surface area contributed by atoms with Crippen LogP contribution in [0.2, 0.25) is 0 Å². The van der Waals surface area contributed by atoms with E-state index in [2.05, 4.69) is 15.3 Å².